The quantitative estimate of drug-likeness (QED) is 0.840. The number of likely N-dealkylation sites (N-methyl/N-ethyl adjacent to an activating group) is 2. The summed E-state index contributed by atoms with van der Waals surface area (Å²) in [5.41, 5.74) is 1.08. The van der Waals surface area contributed by atoms with E-state index in [4.69, 9.17) is 9.47 Å². The van der Waals surface area contributed by atoms with E-state index in [1.54, 1.807) is 37.3 Å². The number of nitrogens with zero attached hydrogens (tertiary/aromatic N) is 2. The Morgan fingerprint density at radius 2 is 1.93 bits per heavy atom. The molecule has 1 fully saturated rings. The van der Waals surface area contributed by atoms with E-state index in [1.807, 2.05) is 0 Å². The number of carbonyl (C=O) groups is 2. The molecule has 1 N–H and O–H groups in total. The van der Waals surface area contributed by atoms with E-state index >= 15 is 0 Å². The van der Waals surface area contributed by atoms with Crippen LogP contribution in [-0.4, -0.2) is 74.7 Å². The summed E-state index contributed by atoms with van der Waals surface area (Å²) < 4.78 is 11.7. The zero-order valence-corrected chi connectivity index (χ0v) is 18.1. The molecular weight excluding hydrogens is 370 g/mol. The second-order valence-electron chi connectivity index (χ2n) is 8.51. The maximum Gasteiger partial charge on any atom is 0.257 e. The zero-order valence-electron chi connectivity index (χ0n) is 18.1. The van der Waals surface area contributed by atoms with Gasteiger partial charge in [0.25, 0.3) is 5.91 Å². The first-order chi connectivity index (χ1) is 13.8. The van der Waals surface area contributed by atoms with Crippen molar-refractivity contribution in [3.63, 3.8) is 0 Å². The van der Waals surface area contributed by atoms with Crippen LogP contribution in [0.15, 0.2) is 18.2 Å². The number of rotatable bonds is 3. The van der Waals surface area contributed by atoms with Crippen molar-refractivity contribution in [2.24, 2.45) is 11.8 Å². The highest BCUT2D eigenvalue weighted by Crippen LogP contribution is 2.31. The normalized spacial score (nSPS) is 26.7. The van der Waals surface area contributed by atoms with Gasteiger partial charge in [0, 0.05) is 44.9 Å². The van der Waals surface area contributed by atoms with E-state index in [9.17, 15) is 9.59 Å². The van der Waals surface area contributed by atoms with Crippen molar-refractivity contribution in [1.82, 2.24) is 9.80 Å². The highest BCUT2D eigenvalue weighted by atomic mass is 16.5. The average Bonchev–Trinajstić information content (AvgIpc) is 3.54. The van der Waals surface area contributed by atoms with Gasteiger partial charge in [0.2, 0.25) is 5.91 Å². The van der Waals surface area contributed by atoms with Gasteiger partial charge >= 0.3 is 0 Å². The fraction of sp³-hybridized carbons (Fsp3) is 0.636. The minimum absolute atomic E-state index is 0.0170. The first-order valence-corrected chi connectivity index (χ1v) is 10.4. The number of ether oxygens (including phenoxy) is 2. The molecule has 7 heteroatoms. The lowest BCUT2D eigenvalue weighted by molar-refractivity contribution is -0.117. The first kappa shape index (κ1) is 21.6. The Hall–Kier alpha value is -2.12. The van der Waals surface area contributed by atoms with Crippen LogP contribution in [0.3, 0.4) is 0 Å². The average molecular weight is 404 g/mol. The number of hydrogen-bond acceptors (Lipinski definition) is 5. The second kappa shape index (κ2) is 9.13. The molecule has 0 aromatic heterocycles. The molecule has 1 aliphatic carbocycles. The van der Waals surface area contributed by atoms with E-state index in [-0.39, 0.29) is 35.8 Å². The van der Waals surface area contributed by atoms with Crippen molar-refractivity contribution < 1.29 is 19.1 Å². The van der Waals surface area contributed by atoms with E-state index in [0.29, 0.717) is 30.2 Å². The fourth-order valence-corrected chi connectivity index (χ4v) is 3.63. The molecule has 1 aliphatic heterocycles. The van der Waals surface area contributed by atoms with Crippen LogP contribution in [0.4, 0.5) is 5.69 Å². The van der Waals surface area contributed by atoms with Gasteiger partial charge < -0.3 is 19.7 Å². The topological polar surface area (TPSA) is 71.1 Å². The molecule has 1 heterocycles. The SMILES string of the molecule is CO[C@H]1CN(C)C(=O)c2cc(NC(=O)C3CC3)ccc2OC[C@H](C)N(C)C[C@@H]1C. The summed E-state index contributed by atoms with van der Waals surface area (Å²) in [5.74, 6) is 0.771. The number of nitrogens with one attached hydrogen (secondary N) is 1. The van der Waals surface area contributed by atoms with E-state index in [0.717, 1.165) is 19.4 Å². The molecule has 0 radical (unpaired) electrons. The van der Waals surface area contributed by atoms with Crippen LogP contribution in [0.25, 0.3) is 0 Å². The van der Waals surface area contributed by atoms with Crippen molar-refractivity contribution in [2.75, 3.05) is 46.2 Å². The standard InChI is InChI=1S/C22H33N3O4/c1-14-11-24(3)15(2)13-29-19-9-8-17(23-21(26)16-6-7-16)10-18(19)22(27)25(4)12-20(14)28-5/h8-10,14-16,20H,6-7,11-13H2,1-5H3,(H,23,26)/t14-,15-,20-/m0/s1. The molecule has 2 aliphatic rings. The van der Waals surface area contributed by atoms with Crippen LogP contribution in [0.2, 0.25) is 0 Å². The smallest absolute Gasteiger partial charge is 0.257 e. The highest BCUT2D eigenvalue weighted by Gasteiger charge is 2.30. The molecule has 3 atom stereocenters. The maximum atomic E-state index is 13.2. The molecule has 0 saturated heterocycles. The Labute approximate surface area is 173 Å². The summed E-state index contributed by atoms with van der Waals surface area (Å²) in [5, 5.41) is 2.92. The third kappa shape index (κ3) is 5.28. The first-order valence-electron chi connectivity index (χ1n) is 10.4. The van der Waals surface area contributed by atoms with Crippen molar-refractivity contribution in [1.29, 1.82) is 0 Å². The molecule has 1 aromatic rings. The Balaban J connectivity index is 1.89. The van der Waals surface area contributed by atoms with Crippen LogP contribution in [0, 0.1) is 11.8 Å². The van der Waals surface area contributed by atoms with Gasteiger partial charge in [-0.1, -0.05) is 6.92 Å². The molecule has 0 spiro atoms. The molecule has 160 valence electrons. The fourth-order valence-electron chi connectivity index (χ4n) is 3.63. The van der Waals surface area contributed by atoms with Gasteiger partial charge in [-0.05, 0) is 50.9 Å². The number of methoxy groups -OCH3 is 1. The third-order valence-electron chi connectivity index (χ3n) is 5.97. The molecule has 3 rings (SSSR count). The summed E-state index contributed by atoms with van der Waals surface area (Å²) in [6.45, 7) is 6.06. The number of anilines is 1. The van der Waals surface area contributed by atoms with Gasteiger partial charge in [0.15, 0.2) is 0 Å². The predicted octanol–water partition coefficient (Wildman–Crippen LogP) is 2.47. The van der Waals surface area contributed by atoms with Gasteiger partial charge in [-0.25, -0.2) is 0 Å². The summed E-state index contributed by atoms with van der Waals surface area (Å²) in [6.07, 6.45) is 1.80. The lowest BCUT2D eigenvalue weighted by Gasteiger charge is -2.34. The summed E-state index contributed by atoms with van der Waals surface area (Å²) in [7, 11) is 5.55. The number of fused-ring (bicyclic) bond motifs is 1. The largest absolute Gasteiger partial charge is 0.491 e. The van der Waals surface area contributed by atoms with Gasteiger partial charge in [0.05, 0.1) is 11.7 Å². The lowest BCUT2D eigenvalue weighted by Crippen LogP contribution is -2.45. The van der Waals surface area contributed by atoms with E-state index in [1.165, 1.54) is 0 Å². The van der Waals surface area contributed by atoms with Gasteiger partial charge in [-0.3, -0.25) is 14.5 Å². The molecular formula is C22H33N3O4. The second-order valence-corrected chi connectivity index (χ2v) is 8.51. The van der Waals surface area contributed by atoms with Gasteiger partial charge in [-0.2, -0.15) is 0 Å². The lowest BCUT2D eigenvalue weighted by atomic mass is 10.0. The van der Waals surface area contributed by atoms with Gasteiger partial charge in [0.1, 0.15) is 12.4 Å². The Kier molecular flexibility index (Phi) is 6.80. The van der Waals surface area contributed by atoms with Crippen molar-refractivity contribution in [3.8, 4) is 5.75 Å². The van der Waals surface area contributed by atoms with E-state index < -0.39 is 0 Å². The molecule has 1 aromatic carbocycles. The maximum absolute atomic E-state index is 13.2. The van der Waals surface area contributed by atoms with Crippen molar-refractivity contribution >= 4 is 17.5 Å². The predicted molar refractivity (Wildman–Crippen MR) is 112 cm³/mol. The minimum atomic E-state index is -0.140. The van der Waals surface area contributed by atoms with Crippen LogP contribution in [0.1, 0.15) is 37.0 Å². The van der Waals surface area contributed by atoms with Crippen LogP contribution in [0.5, 0.6) is 5.75 Å². The number of amides is 2. The van der Waals surface area contributed by atoms with E-state index in [2.05, 4.69) is 31.1 Å². The van der Waals surface area contributed by atoms with Crippen molar-refractivity contribution in [2.45, 2.75) is 38.8 Å². The third-order valence-corrected chi connectivity index (χ3v) is 5.97. The molecule has 2 amide bonds. The number of carbonyl (C=O) groups excluding carboxylic acids is 2. The monoisotopic (exact) mass is 403 g/mol. The molecule has 7 nitrogen and oxygen atoms in total. The number of benzene rings is 1. The highest BCUT2D eigenvalue weighted by molar-refractivity contribution is 6.00. The molecule has 1 saturated carbocycles. The molecule has 0 bridgehead atoms. The van der Waals surface area contributed by atoms with Crippen LogP contribution >= 0.6 is 0 Å². The number of hydrogen-bond donors (Lipinski definition) is 1. The summed E-state index contributed by atoms with van der Waals surface area (Å²) >= 11 is 0. The van der Waals surface area contributed by atoms with Gasteiger partial charge in [-0.15, -0.1) is 0 Å². The minimum Gasteiger partial charge on any atom is -0.491 e. The van der Waals surface area contributed by atoms with Crippen LogP contribution < -0.4 is 10.1 Å². The Bertz CT molecular complexity index is 750. The Morgan fingerprint density at radius 3 is 2.59 bits per heavy atom. The summed E-state index contributed by atoms with van der Waals surface area (Å²) in [4.78, 5) is 29.3. The summed E-state index contributed by atoms with van der Waals surface area (Å²) in [6, 6.07) is 5.48. The van der Waals surface area contributed by atoms with Crippen LogP contribution in [-0.2, 0) is 9.53 Å². The zero-order chi connectivity index (χ0) is 21.1. The van der Waals surface area contributed by atoms with Crippen molar-refractivity contribution in [3.05, 3.63) is 23.8 Å². The molecule has 0 unspecified atom stereocenters. The Morgan fingerprint density at radius 1 is 1.21 bits per heavy atom. The molecule has 29 heavy (non-hydrogen) atoms.